The van der Waals surface area contributed by atoms with E-state index >= 15 is 0 Å². The van der Waals surface area contributed by atoms with Gasteiger partial charge in [-0.1, -0.05) is 11.6 Å². The number of aromatic nitrogens is 2. The Morgan fingerprint density at radius 3 is 2.86 bits per heavy atom. The summed E-state index contributed by atoms with van der Waals surface area (Å²) in [6, 6.07) is 10.7. The minimum atomic E-state index is -0.285. The van der Waals surface area contributed by atoms with Crippen LogP contribution >= 0.6 is 11.6 Å². The average molecular weight is 409 g/mol. The van der Waals surface area contributed by atoms with Crippen molar-refractivity contribution in [3.8, 4) is 11.8 Å². The number of aromatic amines is 1. The van der Waals surface area contributed by atoms with Gasteiger partial charge in [-0.3, -0.25) is 4.79 Å². The van der Waals surface area contributed by atoms with Gasteiger partial charge in [-0.05, 0) is 56.9 Å². The molecule has 1 fully saturated rings. The third-order valence-corrected chi connectivity index (χ3v) is 5.43. The molecule has 0 aliphatic heterocycles. The van der Waals surface area contributed by atoms with E-state index < -0.39 is 0 Å². The second-order valence-corrected chi connectivity index (χ2v) is 7.89. The van der Waals surface area contributed by atoms with E-state index in [2.05, 4.69) is 21.4 Å². The van der Waals surface area contributed by atoms with Crippen molar-refractivity contribution < 1.29 is 4.74 Å². The zero-order valence-corrected chi connectivity index (χ0v) is 17.0. The SMILES string of the molecule is Cc1nc(NC(C)c2cc3cc(Cl)c(OCC4CC4)cc3[nH]c2=O)ccc1C#N. The van der Waals surface area contributed by atoms with Crippen molar-refractivity contribution in [2.75, 3.05) is 11.9 Å². The quantitative estimate of drug-likeness (QED) is 0.615. The number of H-pyrrole nitrogens is 1. The van der Waals surface area contributed by atoms with Crippen LogP contribution in [0.15, 0.2) is 35.1 Å². The molecule has 29 heavy (non-hydrogen) atoms. The van der Waals surface area contributed by atoms with E-state index in [1.165, 1.54) is 12.8 Å². The first-order chi connectivity index (χ1) is 13.9. The van der Waals surface area contributed by atoms with Crippen LogP contribution in [0.1, 0.15) is 42.6 Å². The van der Waals surface area contributed by atoms with Gasteiger partial charge < -0.3 is 15.0 Å². The third-order valence-electron chi connectivity index (χ3n) is 5.13. The van der Waals surface area contributed by atoms with E-state index in [1.54, 1.807) is 25.1 Å². The van der Waals surface area contributed by atoms with Gasteiger partial charge in [0.2, 0.25) is 0 Å². The van der Waals surface area contributed by atoms with Gasteiger partial charge in [0.25, 0.3) is 5.56 Å². The van der Waals surface area contributed by atoms with Gasteiger partial charge in [0.05, 0.1) is 34.4 Å². The van der Waals surface area contributed by atoms with Crippen molar-refractivity contribution in [3.63, 3.8) is 0 Å². The molecule has 1 aliphatic rings. The third kappa shape index (κ3) is 4.20. The maximum Gasteiger partial charge on any atom is 0.253 e. The highest BCUT2D eigenvalue weighted by Crippen LogP contribution is 2.33. The van der Waals surface area contributed by atoms with Crippen LogP contribution in [0.4, 0.5) is 5.82 Å². The Morgan fingerprint density at radius 2 is 2.17 bits per heavy atom. The van der Waals surface area contributed by atoms with Crippen LogP contribution in [0.2, 0.25) is 5.02 Å². The summed E-state index contributed by atoms with van der Waals surface area (Å²) in [7, 11) is 0. The number of aryl methyl sites for hydroxylation is 1. The molecule has 148 valence electrons. The lowest BCUT2D eigenvalue weighted by molar-refractivity contribution is 0.300. The highest BCUT2D eigenvalue weighted by Gasteiger charge is 2.22. The zero-order chi connectivity index (χ0) is 20.5. The largest absolute Gasteiger partial charge is 0.492 e. The van der Waals surface area contributed by atoms with Gasteiger partial charge in [0.1, 0.15) is 17.6 Å². The first-order valence-electron chi connectivity index (χ1n) is 9.58. The van der Waals surface area contributed by atoms with Crippen LogP contribution in [0.25, 0.3) is 10.9 Å². The Kier molecular flexibility index (Phi) is 5.16. The molecule has 2 N–H and O–H groups in total. The van der Waals surface area contributed by atoms with E-state index in [0.717, 1.165) is 5.39 Å². The van der Waals surface area contributed by atoms with Gasteiger partial charge in [0, 0.05) is 17.0 Å². The summed E-state index contributed by atoms with van der Waals surface area (Å²) in [5.41, 5.74) is 2.25. The highest BCUT2D eigenvalue weighted by atomic mass is 35.5. The van der Waals surface area contributed by atoms with Gasteiger partial charge in [-0.25, -0.2) is 4.98 Å². The number of nitrogens with zero attached hydrogens (tertiary/aromatic N) is 2. The van der Waals surface area contributed by atoms with E-state index in [1.807, 2.05) is 19.1 Å². The molecule has 0 bridgehead atoms. The Morgan fingerprint density at radius 1 is 1.38 bits per heavy atom. The van der Waals surface area contributed by atoms with E-state index in [4.69, 9.17) is 21.6 Å². The van der Waals surface area contributed by atoms with E-state index in [0.29, 0.717) is 51.5 Å². The summed E-state index contributed by atoms with van der Waals surface area (Å²) in [6.45, 7) is 4.33. The molecule has 3 aromatic rings. The minimum absolute atomic E-state index is 0.182. The van der Waals surface area contributed by atoms with Gasteiger partial charge in [0.15, 0.2) is 0 Å². The number of fused-ring (bicyclic) bond motifs is 1. The second kappa shape index (κ2) is 7.76. The number of anilines is 1. The number of nitriles is 1. The van der Waals surface area contributed by atoms with Crippen LogP contribution in [-0.4, -0.2) is 16.6 Å². The van der Waals surface area contributed by atoms with Gasteiger partial charge in [-0.2, -0.15) is 5.26 Å². The van der Waals surface area contributed by atoms with E-state index in [-0.39, 0.29) is 11.6 Å². The van der Waals surface area contributed by atoms with Crippen molar-refractivity contribution >= 4 is 28.3 Å². The molecule has 1 aromatic carbocycles. The predicted molar refractivity (Wildman–Crippen MR) is 114 cm³/mol. The number of halogens is 1. The van der Waals surface area contributed by atoms with Crippen molar-refractivity contribution in [2.45, 2.75) is 32.7 Å². The summed E-state index contributed by atoms with van der Waals surface area (Å²) in [6.07, 6.45) is 2.40. The molecule has 2 heterocycles. The van der Waals surface area contributed by atoms with Crippen LogP contribution in [0, 0.1) is 24.2 Å². The summed E-state index contributed by atoms with van der Waals surface area (Å²) >= 11 is 6.39. The number of rotatable bonds is 6. The standard InChI is InChI=1S/C22H21ClN4O2/c1-12-15(10-24)5-6-21(25-12)26-13(2)17-7-16-8-18(23)20(29-11-14-3-4-14)9-19(16)27-22(17)28/h5-9,13-14H,3-4,11H2,1-2H3,(H,25,26)(H,27,28). The molecule has 0 amide bonds. The fourth-order valence-corrected chi connectivity index (χ4v) is 3.43. The molecular weight excluding hydrogens is 388 g/mol. The monoisotopic (exact) mass is 408 g/mol. The first-order valence-corrected chi connectivity index (χ1v) is 9.96. The van der Waals surface area contributed by atoms with Gasteiger partial charge >= 0.3 is 0 Å². The number of hydrogen-bond acceptors (Lipinski definition) is 5. The fraction of sp³-hybridized carbons (Fsp3) is 0.318. The van der Waals surface area contributed by atoms with Crippen molar-refractivity contribution in [3.05, 3.63) is 62.5 Å². The van der Waals surface area contributed by atoms with Crippen molar-refractivity contribution in [1.82, 2.24) is 9.97 Å². The molecule has 0 radical (unpaired) electrons. The molecule has 7 heteroatoms. The summed E-state index contributed by atoms with van der Waals surface area (Å²) < 4.78 is 5.80. The van der Waals surface area contributed by atoms with E-state index in [9.17, 15) is 4.79 Å². The summed E-state index contributed by atoms with van der Waals surface area (Å²) in [5, 5.41) is 13.6. The molecule has 6 nitrogen and oxygen atoms in total. The molecule has 1 aliphatic carbocycles. The summed E-state index contributed by atoms with van der Waals surface area (Å²) in [5.74, 6) is 1.82. The number of pyridine rings is 2. The Balaban J connectivity index is 1.60. The fourth-order valence-electron chi connectivity index (χ4n) is 3.21. The molecule has 0 saturated heterocycles. The maximum absolute atomic E-state index is 12.7. The second-order valence-electron chi connectivity index (χ2n) is 7.49. The smallest absolute Gasteiger partial charge is 0.253 e. The number of nitrogens with one attached hydrogen (secondary N) is 2. The van der Waals surface area contributed by atoms with Crippen LogP contribution in [0.5, 0.6) is 5.75 Å². The lowest BCUT2D eigenvalue weighted by Gasteiger charge is -2.16. The highest BCUT2D eigenvalue weighted by molar-refractivity contribution is 6.32. The molecule has 0 spiro atoms. The van der Waals surface area contributed by atoms with Crippen LogP contribution in [0.3, 0.4) is 0 Å². The lowest BCUT2D eigenvalue weighted by Crippen LogP contribution is -2.20. The first kappa shape index (κ1) is 19.3. The average Bonchev–Trinajstić information content (AvgIpc) is 3.51. The topological polar surface area (TPSA) is 90.8 Å². The number of benzene rings is 1. The molecule has 4 rings (SSSR count). The Hall–Kier alpha value is -3.04. The van der Waals surface area contributed by atoms with Crippen LogP contribution < -0.4 is 15.6 Å². The predicted octanol–water partition coefficient (Wildman–Crippen LogP) is 4.72. The molecule has 1 atom stereocenters. The molecule has 1 saturated carbocycles. The molecular formula is C22H21ClN4O2. The van der Waals surface area contributed by atoms with Crippen molar-refractivity contribution in [2.24, 2.45) is 5.92 Å². The minimum Gasteiger partial charge on any atom is -0.492 e. The number of hydrogen-bond donors (Lipinski definition) is 2. The lowest BCUT2D eigenvalue weighted by atomic mass is 10.1. The van der Waals surface area contributed by atoms with Gasteiger partial charge in [-0.15, -0.1) is 0 Å². The zero-order valence-electron chi connectivity index (χ0n) is 16.3. The maximum atomic E-state index is 12.7. The molecule has 2 aromatic heterocycles. The Bertz CT molecular complexity index is 1180. The van der Waals surface area contributed by atoms with Crippen molar-refractivity contribution in [1.29, 1.82) is 5.26 Å². The van der Waals surface area contributed by atoms with Crippen LogP contribution in [-0.2, 0) is 0 Å². The Labute approximate surface area is 173 Å². The summed E-state index contributed by atoms with van der Waals surface area (Å²) in [4.78, 5) is 20.0. The normalized spacial score (nSPS) is 14.4. The molecule has 1 unspecified atom stereocenters. The number of ether oxygens (including phenoxy) is 1.